The Labute approximate surface area is 108 Å². The van der Waals surface area contributed by atoms with E-state index in [0.717, 1.165) is 19.2 Å². The molecule has 0 aromatic heterocycles. The van der Waals surface area contributed by atoms with Crippen LogP contribution >= 0.6 is 54.5 Å². The van der Waals surface area contributed by atoms with Gasteiger partial charge in [-0.2, -0.15) is 0 Å². The molecule has 1 aromatic carbocycles. The van der Waals surface area contributed by atoms with Crippen LogP contribution in [-0.2, 0) is 0 Å². The average molecular weight is 418 g/mol. The Morgan fingerprint density at radius 3 is 2.69 bits per heavy atom. The SMILES string of the molecule is Cc1ccc(I)c(Br)c1C(=O)CBr. The predicted octanol–water partition coefficient (Wildman–Crippen LogP) is 3.94. The third-order valence-corrected chi connectivity index (χ3v) is 4.68. The zero-order valence-electron chi connectivity index (χ0n) is 6.90. The van der Waals surface area contributed by atoms with Gasteiger partial charge in [0.25, 0.3) is 0 Å². The Kier molecular flexibility index (Phi) is 4.38. The normalized spacial score (nSPS) is 10.2. The van der Waals surface area contributed by atoms with Crippen molar-refractivity contribution in [2.24, 2.45) is 0 Å². The lowest BCUT2D eigenvalue weighted by Gasteiger charge is -2.07. The fourth-order valence-electron chi connectivity index (χ4n) is 1.06. The van der Waals surface area contributed by atoms with Crippen molar-refractivity contribution in [3.8, 4) is 0 Å². The first-order valence-corrected chi connectivity index (χ1v) is 6.61. The van der Waals surface area contributed by atoms with Crippen molar-refractivity contribution >= 4 is 60.2 Å². The Morgan fingerprint density at radius 1 is 1.54 bits per heavy atom. The zero-order chi connectivity index (χ0) is 10.0. The van der Waals surface area contributed by atoms with Gasteiger partial charge < -0.3 is 0 Å². The van der Waals surface area contributed by atoms with E-state index in [1.54, 1.807) is 0 Å². The lowest BCUT2D eigenvalue weighted by molar-refractivity contribution is 0.102. The van der Waals surface area contributed by atoms with Crippen molar-refractivity contribution in [3.63, 3.8) is 0 Å². The van der Waals surface area contributed by atoms with Crippen LogP contribution in [-0.4, -0.2) is 11.1 Å². The number of Topliss-reactive ketones (excluding diaryl/α,β-unsaturated/α-hetero) is 1. The van der Waals surface area contributed by atoms with Gasteiger partial charge in [-0.3, -0.25) is 4.79 Å². The van der Waals surface area contributed by atoms with E-state index in [4.69, 9.17) is 0 Å². The molecule has 0 aliphatic carbocycles. The second kappa shape index (κ2) is 4.89. The maximum atomic E-state index is 11.5. The summed E-state index contributed by atoms with van der Waals surface area (Å²) >= 11 is 8.80. The summed E-state index contributed by atoms with van der Waals surface area (Å²) in [5, 5.41) is 0.368. The van der Waals surface area contributed by atoms with Crippen LogP contribution in [0.15, 0.2) is 16.6 Å². The Bertz CT molecular complexity index is 350. The summed E-state index contributed by atoms with van der Waals surface area (Å²) in [6.07, 6.45) is 0. The molecule has 13 heavy (non-hydrogen) atoms. The van der Waals surface area contributed by atoms with Crippen LogP contribution in [0.4, 0.5) is 0 Å². The summed E-state index contributed by atoms with van der Waals surface area (Å²) in [6, 6.07) is 3.95. The van der Waals surface area contributed by atoms with Gasteiger partial charge in [-0.05, 0) is 57.1 Å². The number of carbonyl (C=O) groups excluding carboxylic acids is 1. The number of carbonyl (C=O) groups is 1. The van der Waals surface area contributed by atoms with Crippen LogP contribution in [0.1, 0.15) is 15.9 Å². The fourth-order valence-corrected chi connectivity index (χ4v) is 2.45. The summed E-state index contributed by atoms with van der Waals surface area (Å²) in [5.41, 5.74) is 1.79. The number of aryl methyl sites for hydroxylation is 1. The first kappa shape index (κ1) is 11.7. The van der Waals surface area contributed by atoms with Gasteiger partial charge in [-0.1, -0.05) is 22.0 Å². The molecule has 0 N–H and O–H groups in total. The maximum Gasteiger partial charge on any atom is 0.174 e. The van der Waals surface area contributed by atoms with Gasteiger partial charge in [0.05, 0.1) is 5.33 Å². The van der Waals surface area contributed by atoms with E-state index in [0.29, 0.717) is 5.33 Å². The largest absolute Gasteiger partial charge is 0.293 e. The van der Waals surface area contributed by atoms with Crippen molar-refractivity contribution in [1.29, 1.82) is 0 Å². The standard InChI is InChI=1S/C9H7Br2IO/c1-5-2-3-6(12)9(11)8(5)7(13)4-10/h2-3H,4H2,1H3. The van der Waals surface area contributed by atoms with Gasteiger partial charge in [0.1, 0.15) is 0 Å². The van der Waals surface area contributed by atoms with Crippen molar-refractivity contribution in [2.45, 2.75) is 6.92 Å². The molecule has 0 aliphatic heterocycles. The number of alkyl halides is 1. The molecule has 0 unspecified atom stereocenters. The van der Waals surface area contributed by atoms with E-state index in [-0.39, 0.29) is 5.78 Å². The van der Waals surface area contributed by atoms with Crippen molar-refractivity contribution < 1.29 is 4.79 Å². The van der Waals surface area contributed by atoms with Gasteiger partial charge in [0, 0.05) is 13.6 Å². The quantitative estimate of drug-likeness (QED) is 0.405. The number of ketones is 1. The molecule has 1 aromatic rings. The summed E-state index contributed by atoms with van der Waals surface area (Å²) in [7, 11) is 0. The number of benzene rings is 1. The van der Waals surface area contributed by atoms with E-state index in [9.17, 15) is 4.79 Å². The highest BCUT2D eigenvalue weighted by Crippen LogP contribution is 2.26. The maximum absolute atomic E-state index is 11.5. The van der Waals surface area contributed by atoms with Gasteiger partial charge in [-0.15, -0.1) is 0 Å². The summed E-state index contributed by atoms with van der Waals surface area (Å²) in [6.45, 7) is 1.94. The number of hydrogen-bond donors (Lipinski definition) is 0. The highest BCUT2D eigenvalue weighted by Gasteiger charge is 2.13. The molecule has 4 heteroatoms. The van der Waals surface area contributed by atoms with Crippen LogP contribution in [0.3, 0.4) is 0 Å². The van der Waals surface area contributed by atoms with Gasteiger partial charge in [0.2, 0.25) is 0 Å². The molecule has 1 rings (SSSR count). The average Bonchev–Trinajstić information content (AvgIpc) is 2.12. The van der Waals surface area contributed by atoms with Gasteiger partial charge >= 0.3 is 0 Å². The van der Waals surface area contributed by atoms with E-state index >= 15 is 0 Å². The minimum Gasteiger partial charge on any atom is -0.293 e. The summed E-state index contributed by atoms with van der Waals surface area (Å²) in [5.74, 6) is 0.114. The third-order valence-electron chi connectivity index (χ3n) is 1.70. The Balaban J connectivity index is 3.33. The smallest absolute Gasteiger partial charge is 0.174 e. The molecule has 0 spiro atoms. The van der Waals surface area contributed by atoms with Crippen molar-refractivity contribution in [1.82, 2.24) is 0 Å². The minimum atomic E-state index is 0.114. The Hall–Kier alpha value is 0.580. The lowest BCUT2D eigenvalue weighted by Crippen LogP contribution is -2.04. The molecule has 70 valence electrons. The fraction of sp³-hybridized carbons (Fsp3) is 0.222. The molecule has 0 atom stereocenters. The first-order valence-electron chi connectivity index (χ1n) is 3.61. The van der Waals surface area contributed by atoms with Crippen molar-refractivity contribution in [3.05, 3.63) is 31.3 Å². The van der Waals surface area contributed by atoms with Crippen LogP contribution in [0.5, 0.6) is 0 Å². The number of rotatable bonds is 2. The second-order valence-corrected chi connectivity index (χ2v) is 5.13. The van der Waals surface area contributed by atoms with E-state index < -0.39 is 0 Å². The molecular formula is C9H7Br2IO. The zero-order valence-corrected chi connectivity index (χ0v) is 12.2. The second-order valence-electron chi connectivity index (χ2n) is 2.61. The summed E-state index contributed by atoms with van der Waals surface area (Å²) < 4.78 is 1.96. The molecule has 0 saturated carbocycles. The highest BCUT2D eigenvalue weighted by atomic mass is 127. The highest BCUT2D eigenvalue weighted by molar-refractivity contribution is 14.1. The molecule has 0 fully saturated rings. The molecule has 0 radical (unpaired) electrons. The first-order chi connectivity index (χ1) is 6.07. The van der Waals surface area contributed by atoms with Crippen molar-refractivity contribution in [2.75, 3.05) is 5.33 Å². The predicted molar refractivity (Wildman–Crippen MR) is 69.7 cm³/mol. The van der Waals surface area contributed by atoms with Gasteiger partial charge in [-0.25, -0.2) is 0 Å². The molecule has 0 bridgehead atoms. The Morgan fingerprint density at radius 2 is 2.15 bits per heavy atom. The lowest BCUT2D eigenvalue weighted by atomic mass is 10.1. The molecular weight excluding hydrogens is 411 g/mol. The molecule has 1 nitrogen and oxygen atoms in total. The van der Waals surface area contributed by atoms with Crippen LogP contribution in [0.2, 0.25) is 0 Å². The van der Waals surface area contributed by atoms with Crippen LogP contribution in [0, 0.1) is 10.5 Å². The number of halogens is 3. The van der Waals surface area contributed by atoms with E-state index in [1.807, 2.05) is 19.1 Å². The van der Waals surface area contributed by atoms with Crippen LogP contribution in [0.25, 0.3) is 0 Å². The van der Waals surface area contributed by atoms with E-state index in [2.05, 4.69) is 54.5 Å². The monoisotopic (exact) mass is 416 g/mol. The number of hydrogen-bond acceptors (Lipinski definition) is 1. The van der Waals surface area contributed by atoms with E-state index in [1.165, 1.54) is 0 Å². The minimum absolute atomic E-state index is 0.114. The molecule has 0 aliphatic rings. The summed E-state index contributed by atoms with van der Waals surface area (Å²) in [4.78, 5) is 11.5. The molecule has 0 saturated heterocycles. The van der Waals surface area contributed by atoms with Crippen LogP contribution < -0.4 is 0 Å². The van der Waals surface area contributed by atoms with Gasteiger partial charge in [0.15, 0.2) is 5.78 Å². The molecule has 0 amide bonds. The third kappa shape index (κ3) is 2.53. The topological polar surface area (TPSA) is 17.1 Å². The molecule has 0 heterocycles.